The van der Waals surface area contributed by atoms with Gasteiger partial charge in [0.25, 0.3) is 0 Å². The third-order valence-corrected chi connectivity index (χ3v) is 6.36. The number of carbonyl (C=O) groups is 1. The first kappa shape index (κ1) is 21.0. The summed E-state index contributed by atoms with van der Waals surface area (Å²) >= 11 is 5.76. The highest BCUT2D eigenvalue weighted by Gasteiger charge is 2.34. The number of hydrogen-bond acceptors (Lipinski definition) is 6. The van der Waals surface area contributed by atoms with Crippen LogP contribution in [0.5, 0.6) is 0 Å². The highest BCUT2D eigenvalue weighted by molar-refractivity contribution is 6.30. The van der Waals surface area contributed by atoms with E-state index in [0.29, 0.717) is 43.9 Å². The van der Waals surface area contributed by atoms with Crippen LogP contribution in [0.4, 0.5) is 10.2 Å². The number of benzene rings is 1. The molecule has 4 rings (SSSR count). The molecule has 0 radical (unpaired) electrons. The normalized spacial score (nSPS) is 22.2. The molecule has 1 aliphatic carbocycles. The van der Waals surface area contributed by atoms with Gasteiger partial charge in [-0.15, -0.1) is 0 Å². The van der Waals surface area contributed by atoms with E-state index >= 15 is 0 Å². The van der Waals surface area contributed by atoms with Crippen LogP contribution in [-0.4, -0.2) is 58.6 Å². The average Bonchev–Trinajstić information content (AvgIpc) is 3.05. The van der Waals surface area contributed by atoms with E-state index < -0.39 is 17.8 Å². The molecule has 3 N–H and O–H groups in total. The van der Waals surface area contributed by atoms with Gasteiger partial charge in [-0.2, -0.15) is 0 Å². The molecule has 160 valence electrons. The molecule has 1 unspecified atom stereocenters. The number of piperazine rings is 1. The standard InChI is InChI=1S/C21H25ClFN5O2/c1-12-8-17(29)19-18(12)20(26-11-25-19)27-4-6-28(7-5-27)21(30)14(10-24)13-2-3-15(22)16(23)9-13/h2-3,9,11-12,14,17,29H,4-8,10,24H2,1H3/t12-,14?,17+/m1/s1. The van der Waals surface area contributed by atoms with Gasteiger partial charge in [-0.1, -0.05) is 24.6 Å². The topological polar surface area (TPSA) is 95.6 Å². The van der Waals surface area contributed by atoms with Gasteiger partial charge in [0, 0.05) is 38.3 Å². The molecule has 9 heteroatoms. The number of rotatable bonds is 4. The second-order valence-corrected chi connectivity index (χ2v) is 8.33. The zero-order chi connectivity index (χ0) is 21.4. The maximum atomic E-state index is 13.9. The summed E-state index contributed by atoms with van der Waals surface area (Å²) in [6.07, 6.45) is 1.59. The SMILES string of the molecule is C[C@@H]1C[C@H](O)c2ncnc(N3CCN(C(=O)C(CN)c4ccc(Cl)c(F)c4)CC3)c21. The van der Waals surface area contributed by atoms with Crippen LogP contribution in [0.15, 0.2) is 24.5 Å². The number of amides is 1. The maximum Gasteiger partial charge on any atom is 0.231 e. The number of aliphatic hydroxyl groups excluding tert-OH is 1. The van der Waals surface area contributed by atoms with Crippen LogP contribution in [0.1, 0.15) is 48.1 Å². The van der Waals surface area contributed by atoms with Crippen molar-refractivity contribution < 1.29 is 14.3 Å². The Morgan fingerprint density at radius 1 is 1.33 bits per heavy atom. The number of hydrogen-bond donors (Lipinski definition) is 2. The Bertz CT molecular complexity index is 951. The summed E-state index contributed by atoms with van der Waals surface area (Å²) in [5.74, 6) is -0.255. The van der Waals surface area contributed by atoms with Gasteiger partial charge in [0.05, 0.1) is 22.7 Å². The van der Waals surface area contributed by atoms with E-state index in [1.807, 2.05) is 0 Å². The fourth-order valence-corrected chi connectivity index (χ4v) is 4.54. The number of aliphatic hydroxyl groups is 1. The lowest BCUT2D eigenvalue weighted by Gasteiger charge is -2.37. The van der Waals surface area contributed by atoms with Crippen molar-refractivity contribution in [3.63, 3.8) is 0 Å². The molecular weight excluding hydrogens is 409 g/mol. The van der Waals surface area contributed by atoms with Gasteiger partial charge >= 0.3 is 0 Å². The van der Waals surface area contributed by atoms with Crippen LogP contribution in [0, 0.1) is 5.82 Å². The van der Waals surface area contributed by atoms with Gasteiger partial charge in [-0.05, 0) is 30.0 Å². The molecule has 0 bridgehead atoms. The summed E-state index contributed by atoms with van der Waals surface area (Å²) < 4.78 is 13.9. The predicted molar refractivity (Wildman–Crippen MR) is 112 cm³/mol. The summed E-state index contributed by atoms with van der Waals surface area (Å²) in [6.45, 7) is 4.42. The average molecular weight is 434 g/mol. The van der Waals surface area contributed by atoms with Gasteiger partial charge < -0.3 is 20.6 Å². The lowest BCUT2D eigenvalue weighted by atomic mass is 9.97. The molecule has 1 aromatic heterocycles. The monoisotopic (exact) mass is 433 g/mol. The van der Waals surface area contributed by atoms with Crippen LogP contribution in [0.25, 0.3) is 0 Å². The van der Waals surface area contributed by atoms with Crippen molar-refractivity contribution in [3.8, 4) is 0 Å². The van der Waals surface area contributed by atoms with E-state index in [-0.39, 0.29) is 23.4 Å². The van der Waals surface area contributed by atoms with Gasteiger partial charge in [0.2, 0.25) is 5.91 Å². The third-order valence-electron chi connectivity index (χ3n) is 6.05. The molecule has 0 saturated carbocycles. The molecule has 3 atom stereocenters. The van der Waals surface area contributed by atoms with Gasteiger partial charge in [-0.3, -0.25) is 4.79 Å². The Labute approximate surface area is 179 Å². The molecule has 30 heavy (non-hydrogen) atoms. The van der Waals surface area contributed by atoms with Gasteiger partial charge in [-0.25, -0.2) is 14.4 Å². The van der Waals surface area contributed by atoms with Crippen LogP contribution >= 0.6 is 11.6 Å². The summed E-state index contributed by atoms with van der Waals surface area (Å²) in [7, 11) is 0. The second-order valence-electron chi connectivity index (χ2n) is 7.92. The van der Waals surface area contributed by atoms with Crippen molar-refractivity contribution in [2.75, 3.05) is 37.6 Å². The second kappa shape index (κ2) is 8.45. The number of anilines is 1. The number of nitrogens with two attached hydrogens (primary N) is 1. The minimum Gasteiger partial charge on any atom is -0.387 e. The Balaban J connectivity index is 1.47. The molecule has 0 spiro atoms. The molecule has 7 nitrogen and oxygen atoms in total. The van der Waals surface area contributed by atoms with Crippen LogP contribution in [0.2, 0.25) is 5.02 Å². The largest absolute Gasteiger partial charge is 0.387 e. The van der Waals surface area contributed by atoms with Crippen molar-refractivity contribution in [1.82, 2.24) is 14.9 Å². The van der Waals surface area contributed by atoms with Crippen molar-refractivity contribution in [2.24, 2.45) is 5.73 Å². The van der Waals surface area contributed by atoms with E-state index in [2.05, 4.69) is 21.8 Å². The first-order valence-corrected chi connectivity index (χ1v) is 10.5. The van der Waals surface area contributed by atoms with Gasteiger partial charge in [0.15, 0.2) is 0 Å². The summed E-state index contributed by atoms with van der Waals surface area (Å²) in [6, 6.07) is 4.38. The van der Waals surface area contributed by atoms with E-state index in [0.717, 1.165) is 11.4 Å². The quantitative estimate of drug-likeness (QED) is 0.767. The molecule has 2 aromatic rings. The molecule has 2 heterocycles. The molecule has 1 aromatic carbocycles. The first-order chi connectivity index (χ1) is 14.4. The fraction of sp³-hybridized carbons (Fsp3) is 0.476. The Morgan fingerprint density at radius 3 is 2.73 bits per heavy atom. The lowest BCUT2D eigenvalue weighted by molar-refractivity contribution is -0.132. The molecule has 1 aliphatic heterocycles. The molecule has 1 saturated heterocycles. The summed E-state index contributed by atoms with van der Waals surface area (Å²) in [5, 5.41) is 10.2. The zero-order valence-corrected chi connectivity index (χ0v) is 17.5. The Kier molecular flexibility index (Phi) is 5.90. The Hall–Kier alpha value is -2.29. The number of nitrogens with zero attached hydrogens (tertiary/aromatic N) is 4. The van der Waals surface area contributed by atoms with E-state index in [1.54, 1.807) is 11.0 Å². The van der Waals surface area contributed by atoms with Crippen LogP contribution in [-0.2, 0) is 4.79 Å². The number of carbonyl (C=O) groups excluding carboxylic acids is 1. The number of halogens is 2. The van der Waals surface area contributed by atoms with Crippen molar-refractivity contribution in [2.45, 2.75) is 31.3 Å². The molecule has 2 aliphatic rings. The smallest absolute Gasteiger partial charge is 0.231 e. The highest BCUT2D eigenvalue weighted by Crippen LogP contribution is 2.42. The van der Waals surface area contributed by atoms with Crippen LogP contribution in [0.3, 0.4) is 0 Å². The lowest BCUT2D eigenvalue weighted by Crippen LogP contribution is -2.51. The fourth-order valence-electron chi connectivity index (χ4n) is 4.42. The van der Waals surface area contributed by atoms with Crippen LogP contribution < -0.4 is 10.6 Å². The van der Waals surface area contributed by atoms with Crippen molar-refractivity contribution in [3.05, 3.63) is 52.2 Å². The van der Waals surface area contributed by atoms with E-state index in [1.165, 1.54) is 18.5 Å². The molecular formula is C21H25ClFN5O2. The maximum absolute atomic E-state index is 13.9. The first-order valence-electron chi connectivity index (χ1n) is 10.1. The highest BCUT2D eigenvalue weighted by atomic mass is 35.5. The minimum absolute atomic E-state index is 0.0207. The minimum atomic E-state index is -0.609. The van der Waals surface area contributed by atoms with Crippen molar-refractivity contribution >= 4 is 23.3 Å². The Morgan fingerprint density at radius 2 is 2.07 bits per heavy atom. The molecule has 1 amide bonds. The summed E-state index contributed by atoms with van der Waals surface area (Å²) in [4.78, 5) is 25.7. The number of aromatic nitrogens is 2. The zero-order valence-electron chi connectivity index (χ0n) is 16.8. The summed E-state index contributed by atoms with van der Waals surface area (Å²) in [5.41, 5.74) is 8.09. The number of fused-ring (bicyclic) bond motifs is 1. The predicted octanol–water partition coefficient (Wildman–Crippen LogP) is 2.20. The third kappa shape index (κ3) is 3.75. The van der Waals surface area contributed by atoms with Crippen molar-refractivity contribution in [1.29, 1.82) is 0 Å². The van der Waals surface area contributed by atoms with Gasteiger partial charge in [0.1, 0.15) is 18.0 Å². The van der Waals surface area contributed by atoms with E-state index in [9.17, 15) is 14.3 Å². The van der Waals surface area contributed by atoms with E-state index in [4.69, 9.17) is 17.3 Å². The molecule has 1 fully saturated rings.